The van der Waals surface area contributed by atoms with Crippen LogP contribution in [0.5, 0.6) is 0 Å². The number of hydrogen-bond donors (Lipinski definition) is 2. The van der Waals surface area contributed by atoms with Crippen molar-refractivity contribution in [3.05, 3.63) is 29.8 Å². The maximum atomic E-state index is 4.29. The van der Waals surface area contributed by atoms with Crippen molar-refractivity contribution in [1.29, 1.82) is 0 Å². The maximum absolute atomic E-state index is 4.29. The van der Waals surface area contributed by atoms with Gasteiger partial charge < -0.3 is 10.6 Å². The molecule has 2 aromatic heterocycles. The zero-order chi connectivity index (χ0) is 12.3. The van der Waals surface area contributed by atoms with Crippen LogP contribution in [-0.4, -0.2) is 26.8 Å². The van der Waals surface area contributed by atoms with Crippen LogP contribution < -0.4 is 10.6 Å². The van der Waals surface area contributed by atoms with Crippen LogP contribution in [0.4, 0.5) is 11.6 Å². The summed E-state index contributed by atoms with van der Waals surface area (Å²) in [6, 6.07) is 1.97. The second kappa shape index (κ2) is 4.82. The Bertz CT molecular complexity index is 504. The first-order valence-electron chi connectivity index (χ1n) is 5.42. The summed E-state index contributed by atoms with van der Waals surface area (Å²) in [5.74, 6) is 1.67. The molecule has 2 aromatic rings. The highest BCUT2D eigenvalue weighted by Crippen LogP contribution is 2.17. The first-order valence-corrected chi connectivity index (χ1v) is 5.42. The van der Waals surface area contributed by atoms with Gasteiger partial charge in [0.05, 0.1) is 12.2 Å². The highest BCUT2D eigenvalue weighted by Gasteiger charge is 2.05. The highest BCUT2D eigenvalue weighted by molar-refractivity contribution is 5.56. The average Bonchev–Trinajstić information content (AvgIpc) is 2.74. The predicted molar refractivity (Wildman–Crippen MR) is 66.9 cm³/mol. The second-order valence-electron chi connectivity index (χ2n) is 3.78. The van der Waals surface area contributed by atoms with Crippen LogP contribution in [0.1, 0.15) is 11.3 Å². The van der Waals surface area contributed by atoms with Crippen molar-refractivity contribution in [3.8, 4) is 0 Å². The van der Waals surface area contributed by atoms with Crippen LogP contribution in [0, 0.1) is 6.92 Å². The summed E-state index contributed by atoms with van der Waals surface area (Å²) in [6.07, 6.45) is 3.46. The normalized spacial score (nSPS) is 10.3. The van der Waals surface area contributed by atoms with E-state index in [1.54, 1.807) is 11.0 Å². The van der Waals surface area contributed by atoms with E-state index in [4.69, 9.17) is 0 Å². The van der Waals surface area contributed by atoms with E-state index in [-0.39, 0.29) is 0 Å². The Kier molecular flexibility index (Phi) is 3.22. The topological polar surface area (TPSA) is 67.7 Å². The molecule has 0 aliphatic carbocycles. The largest absolute Gasteiger partial charge is 0.373 e. The number of aryl methyl sites for hydroxylation is 1. The SMILES string of the molecule is CNc1ncnc(NCc2ccn(C)n2)c1C. The van der Waals surface area contributed by atoms with Gasteiger partial charge in [-0.15, -0.1) is 0 Å². The summed E-state index contributed by atoms with van der Waals surface area (Å²) in [4.78, 5) is 8.35. The van der Waals surface area contributed by atoms with Crippen molar-refractivity contribution >= 4 is 11.6 Å². The Hall–Kier alpha value is -2.11. The van der Waals surface area contributed by atoms with Crippen LogP contribution in [0.3, 0.4) is 0 Å². The lowest BCUT2D eigenvalue weighted by atomic mass is 10.3. The lowest BCUT2D eigenvalue weighted by molar-refractivity contribution is 0.746. The van der Waals surface area contributed by atoms with Crippen molar-refractivity contribution in [3.63, 3.8) is 0 Å². The van der Waals surface area contributed by atoms with E-state index in [0.717, 1.165) is 22.9 Å². The Morgan fingerprint density at radius 2 is 2.06 bits per heavy atom. The number of hydrogen-bond acceptors (Lipinski definition) is 5. The molecule has 2 N–H and O–H groups in total. The van der Waals surface area contributed by atoms with Crippen LogP contribution >= 0.6 is 0 Å². The lowest BCUT2D eigenvalue weighted by Crippen LogP contribution is -2.07. The van der Waals surface area contributed by atoms with Crippen LogP contribution in [0.25, 0.3) is 0 Å². The number of nitrogens with one attached hydrogen (secondary N) is 2. The number of anilines is 2. The van der Waals surface area contributed by atoms with Gasteiger partial charge in [0.2, 0.25) is 0 Å². The summed E-state index contributed by atoms with van der Waals surface area (Å²) in [7, 11) is 3.75. The molecule has 0 aliphatic rings. The quantitative estimate of drug-likeness (QED) is 0.828. The molecular weight excluding hydrogens is 216 g/mol. The van der Waals surface area contributed by atoms with Gasteiger partial charge in [0, 0.05) is 25.9 Å². The smallest absolute Gasteiger partial charge is 0.134 e. The van der Waals surface area contributed by atoms with Gasteiger partial charge in [-0.3, -0.25) is 4.68 Å². The molecule has 0 spiro atoms. The van der Waals surface area contributed by atoms with Gasteiger partial charge >= 0.3 is 0 Å². The summed E-state index contributed by atoms with van der Waals surface area (Å²) in [5.41, 5.74) is 1.99. The molecule has 6 nitrogen and oxygen atoms in total. The summed E-state index contributed by atoms with van der Waals surface area (Å²) < 4.78 is 1.78. The molecule has 0 radical (unpaired) electrons. The molecule has 0 amide bonds. The lowest BCUT2D eigenvalue weighted by Gasteiger charge is -2.09. The molecule has 2 rings (SSSR count). The van der Waals surface area contributed by atoms with Gasteiger partial charge in [-0.05, 0) is 13.0 Å². The van der Waals surface area contributed by atoms with Crippen molar-refractivity contribution < 1.29 is 0 Å². The average molecular weight is 232 g/mol. The highest BCUT2D eigenvalue weighted by atomic mass is 15.3. The molecule has 0 unspecified atom stereocenters. The third kappa shape index (κ3) is 2.52. The number of rotatable bonds is 4. The Morgan fingerprint density at radius 1 is 1.29 bits per heavy atom. The standard InChI is InChI=1S/C11H16N6/c1-8-10(12-2)14-7-15-11(8)13-6-9-4-5-17(3)16-9/h4-5,7H,6H2,1-3H3,(H2,12,13,14,15). The van der Waals surface area contributed by atoms with Crippen molar-refractivity contribution in [2.24, 2.45) is 7.05 Å². The van der Waals surface area contributed by atoms with Gasteiger partial charge in [0.1, 0.15) is 18.0 Å². The Morgan fingerprint density at radius 3 is 2.71 bits per heavy atom. The molecule has 0 atom stereocenters. The number of aromatic nitrogens is 4. The fraction of sp³-hybridized carbons (Fsp3) is 0.364. The van der Waals surface area contributed by atoms with E-state index in [2.05, 4.69) is 25.7 Å². The summed E-state index contributed by atoms with van der Waals surface area (Å²) >= 11 is 0. The van der Waals surface area contributed by atoms with Gasteiger partial charge in [0.25, 0.3) is 0 Å². The minimum atomic E-state index is 0.655. The molecule has 0 fully saturated rings. The van der Waals surface area contributed by atoms with E-state index in [9.17, 15) is 0 Å². The van der Waals surface area contributed by atoms with Crippen molar-refractivity contribution in [2.75, 3.05) is 17.7 Å². The minimum absolute atomic E-state index is 0.655. The van der Waals surface area contributed by atoms with E-state index < -0.39 is 0 Å². The van der Waals surface area contributed by atoms with Crippen molar-refractivity contribution in [1.82, 2.24) is 19.7 Å². The second-order valence-corrected chi connectivity index (χ2v) is 3.78. The molecule has 0 aliphatic heterocycles. The first kappa shape index (κ1) is 11.4. The molecule has 0 aromatic carbocycles. The van der Waals surface area contributed by atoms with E-state index in [1.165, 1.54) is 0 Å². The van der Waals surface area contributed by atoms with Gasteiger partial charge in [-0.1, -0.05) is 0 Å². The van der Waals surface area contributed by atoms with E-state index in [1.807, 2.05) is 33.3 Å². The molecule has 2 heterocycles. The molecule has 6 heteroatoms. The van der Waals surface area contributed by atoms with Gasteiger partial charge in [-0.2, -0.15) is 5.10 Å². The van der Waals surface area contributed by atoms with Crippen LogP contribution in [0.15, 0.2) is 18.6 Å². The number of nitrogens with zero attached hydrogens (tertiary/aromatic N) is 4. The molecule has 0 saturated carbocycles. The fourth-order valence-electron chi connectivity index (χ4n) is 1.61. The van der Waals surface area contributed by atoms with Crippen molar-refractivity contribution in [2.45, 2.75) is 13.5 Å². The molecule has 90 valence electrons. The molecule has 0 saturated heterocycles. The third-order valence-electron chi connectivity index (χ3n) is 2.53. The molecule has 17 heavy (non-hydrogen) atoms. The van der Waals surface area contributed by atoms with E-state index >= 15 is 0 Å². The molecule has 0 bridgehead atoms. The molecular formula is C11H16N6. The van der Waals surface area contributed by atoms with Gasteiger partial charge in [-0.25, -0.2) is 9.97 Å². The zero-order valence-electron chi connectivity index (χ0n) is 10.2. The van der Waals surface area contributed by atoms with Crippen LogP contribution in [-0.2, 0) is 13.6 Å². The Balaban J connectivity index is 2.09. The van der Waals surface area contributed by atoms with Crippen LogP contribution in [0.2, 0.25) is 0 Å². The first-order chi connectivity index (χ1) is 8.20. The van der Waals surface area contributed by atoms with Gasteiger partial charge in [0.15, 0.2) is 0 Å². The zero-order valence-corrected chi connectivity index (χ0v) is 10.2. The monoisotopic (exact) mass is 232 g/mol. The maximum Gasteiger partial charge on any atom is 0.134 e. The minimum Gasteiger partial charge on any atom is -0.373 e. The summed E-state index contributed by atoms with van der Waals surface area (Å²) in [5, 5.41) is 10.6. The van der Waals surface area contributed by atoms with E-state index in [0.29, 0.717) is 6.54 Å². The predicted octanol–water partition coefficient (Wildman–Crippen LogP) is 1.17. The third-order valence-corrected chi connectivity index (χ3v) is 2.53. The fourth-order valence-corrected chi connectivity index (χ4v) is 1.61. The Labute approximate surface area is 100 Å². The summed E-state index contributed by atoms with van der Waals surface area (Å²) in [6.45, 7) is 2.63.